The van der Waals surface area contributed by atoms with Crippen molar-refractivity contribution < 1.29 is 14.4 Å². The summed E-state index contributed by atoms with van der Waals surface area (Å²) in [6.45, 7) is 0. The van der Waals surface area contributed by atoms with Crippen molar-refractivity contribution in [3.63, 3.8) is 0 Å². The SMILES string of the molecule is CON(SC)C(=O)Nc1ccc(Oc2cccc(Cl)n2)cc1. The maximum atomic E-state index is 11.8. The van der Waals surface area contributed by atoms with E-state index in [1.54, 1.807) is 48.7 Å². The maximum Gasteiger partial charge on any atom is 0.356 e. The van der Waals surface area contributed by atoms with E-state index in [1.165, 1.54) is 7.11 Å². The Labute approximate surface area is 137 Å². The molecule has 8 heteroatoms. The monoisotopic (exact) mass is 339 g/mol. The van der Waals surface area contributed by atoms with Crippen LogP contribution in [-0.2, 0) is 4.84 Å². The molecule has 2 rings (SSSR count). The number of carbonyl (C=O) groups excluding carboxylic acids is 1. The lowest BCUT2D eigenvalue weighted by atomic mass is 10.3. The zero-order chi connectivity index (χ0) is 15.9. The summed E-state index contributed by atoms with van der Waals surface area (Å²) >= 11 is 6.95. The maximum absolute atomic E-state index is 11.8. The van der Waals surface area contributed by atoms with Crippen molar-refractivity contribution in [2.24, 2.45) is 0 Å². The highest BCUT2D eigenvalue weighted by atomic mass is 35.5. The van der Waals surface area contributed by atoms with Crippen molar-refractivity contribution in [3.05, 3.63) is 47.6 Å². The van der Waals surface area contributed by atoms with E-state index >= 15 is 0 Å². The minimum atomic E-state index is -0.375. The van der Waals surface area contributed by atoms with Crippen molar-refractivity contribution in [2.45, 2.75) is 0 Å². The minimum Gasteiger partial charge on any atom is -0.439 e. The molecule has 116 valence electrons. The van der Waals surface area contributed by atoms with E-state index in [0.717, 1.165) is 16.4 Å². The fourth-order valence-corrected chi connectivity index (χ4v) is 2.10. The van der Waals surface area contributed by atoms with Gasteiger partial charge in [0.15, 0.2) is 0 Å². The molecule has 1 aromatic carbocycles. The van der Waals surface area contributed by atoms with Crippen LogP contribution in [0.25, 0.3) is 0 Å². The summed E-state index contributed by atoms with van der Waals surface area (Å²) in [6.07, 6.45) is 1.73. The predicted molar refractivity (Wildman–Crippen MR) is 87.1 cm³/mol. The molecule has 0 atom stereocenters. The fourth-order valence-electron chi connectivity index (χ4n) is 1.58. The van der Waals surface area contributed by atoms with Crippen molar-refractivity contribution in [1.29, 1.82) is 0 Å². The number of nitrogens with one attached hydrogen (secondary N) is 1. The molecule has 0 aliphatic heterocycles. The average molecular weight is 340 g/mol. The quantitative estimate of drug-likeness (QED) is 0.502. The first kappa shape index (κ1) is 16.4. The Kier molecular flexibility index (Phi) is 5.88. The first-order chi connectivity index (χ1) is 10.6. The highest BCUT2D eigenvalue weighted by molar-refractivity contribution is 7.96. The predicted octanol–water partition coefficient (Wildman–Crippen LogP) is 4.20. The van der Waals surface area contributed by atoms with Gasteiger partial charge in [0, 0.05) is 18.0 Å². The van der Waals surface area contributed by atoms with Crippen LogP contribution in [0, 0.1) is 0 Å². The summed E-state index contributed by atoms with van der Waals surface area (Å²) in [5.74, 6) is 0.985. The number of amides is 2. The second-order valence-corrected chi connectivity index (χ2v) is 5.06. The van der Waals surface area contributed by atoms with Crippen LogP contribution in [0.3, 0.4) is 0 Å². The molecule has 1 N–H and O–H groups in total. The number of hydrogen-bond acceptors (Lipinski definition) is 5. The van der Waals surface area contributed by atoms with Gasteiger partial charge in [0.25, 0.3) is 0 Å². The van der Waals surface area contributed by atoms with Crippen LogP contribution in [0.2, 0.25) is 5.15 Å². The molecule has 2 aromatic rings. The Morgan fingerprint density at radius 1 is 1.27 bits per heavy atom. The molecule has 0 radical (unpaired) electrons. The van der Waals surface area contributed by atoms with Crippen LogP contribution in [0.15, 0.2) is 42.5 Å². The molecule has 0 saturated carbocycles. The number of halogens is 1. The van der Waals surface area contributed by atoms with E-state index in [1.807, 2.05) is 0 Å². The molecule has 1 aromatic heterocycles. The fraction of sp³-hybridized carbons (Fsp3) is 0.143. The van der Waals surface area contributed by atoms with Gasteiger partial charge >= 0.3 is 6.03 Å². The summed E-state index contributed by atoms with van der Waals surface area (Å²) in [6, 6.07) is 11.6. The van der Waals surface area contributed by atoms with E-state index in [4.69, 9.17) is 21.2 Å². The number of ether oxygens (including phenoxy) is 1. The lowest BCUT2D eigenvalue weighted by molar-refractivity contribution is 0.00527. The number of urea groups is 1. The highest BCUT2D eigenvalue weighted by Gasteiger charge is 2.11. The Balaban J connectivity index is 2.00. The van der Waals surface area contributed by atoms with Gasteiger partial charge < -0.3 is 10.1 Å². The molecule has 0 bridgehead atoms. The lowest BCUT2D eigenvalue weighted by Crippen LogP contribution is -2.27. The van der Waals surface area contributed by atoms with Crippen LogP contribution in [0.4, 0.5) is 10.5 Å². The van der Waals surface area contributed by atoms with Crippen molar-refractivity contribution in [1.82, 2.24) is 9.45 Å². The number of aromatic nitrogens is 1. The van der Waals surface area contributed by atoms with E-state index < -0.39 is 0 Å². The van der Waals surface area contributed by atoms with E-state index in [2.05, 4.69) is 10.3 Å². The Bertz CT molecular complexity index is 635. The minimum absolute atomic E-state index is 0.359. The smallest absolute Gasteiger partial charge is 0.356 e. The first-order valence-corrected chi connectivity index (χ1v) is 7.78. The Morgan fingerprint density at radius 3 is 2.59 bits per heavy atom. The topological polar surface area (TPSA) is 63.7 Å². The van der Waals surface area contributed by atoms with E-state index in [9.17, 15) is 4.79 Å². The number of hydroxylamine groups is 1. The van der Waals surface area contributed by atoms with Gasteiger partial charge in [0.2, 0.25) is 5.88 Å². The van der Waals surface area contributed by atoms with Crippen LogP contribution in [-0.4, -0.2) is 28.8 Å². The third-order valence-corrected chi connectivity index (χ3v) is 3.37. The summed E-state index contributed by atoms with van der Waals surface area (Å²) in [4.78, 5) is 20.7. The number of anilines is 1. The molecule has 2 amide bonds. The molecule has 0 saturated heterocycles. The zero-order valence-corrected chi connectivity index (χ0v) is 13.5. The lowest BCUT2D eigenvalue weighted by Gasteiger charge is -2.16. The number of pyridine rings is 1. The standard InChI is InChI=1S/C14H14ClN3O3S/c1-20-18(22-2)14(19)16-10-6-8-11(9-7-10)21-13-5-3-4-12(15)17-13/h3-9H,1-2H3,(H,16,19). The van der Waals surface area contributed by atoms with Gasteiger partial charge in [-0.1, -0.05) is 17.7 Å². The summed E-state index contributed by atoms with van der Waals surface area (Å²) in [5.41, 5.74) is 0.618. The molecule has 0 spiro atoms. The van der Waals surface area contributed by atoms with Crippen molar-refractivity contribution in [2.75, 3.05) is 18.7 Å². The molecule has 0 fully saturated rings. The van der Waals surface area contributed by atoms with Gasteiger partial charge in [-0.3, -0.25) is 4.84 Å². The van der Waals surface area contributed by atoms with Crippen LogP contribution >= 0.6 is 23.5 Å². The average Bonchev–Trinajstić information content (AvgIpc) is 2.50. The largest absolute Gasteiger partial charge is 0.439 e. The molecule has 6 nitrogen and oxygen atoms in total. The zero-order valence-electron chi connectivity index (χ0n) is 11.9. The number of rotatable bonds is 5. The van der Waals surface area contributed by atoms with Gasteiger partial charge in [-0.25, -0.2) is 9.78 Å². The van der Waals surface area contributed by atoms with Crippen LogP contribution in [0.5, 0.6) is 11.6 Å². The molecular weight excluding hydrogens is 326 g/mol. The normalized spacial score (nSPS) is 10.1. The third-order valence-electron chi connectivity index (χ3n) is 2.52. The number of carbonyl (C=O) groups is 1. The molecule has 1 heterocycles. The second-order valence-electron chi connectivity index (χ2n) is 3.98. The molecule has 0 aliphatic rings. The molecule has 0 aliphatic carbocycles. The van der Waals surface area contributed by atoms with Gasteiger partial charge in [0.1, 0.15) is 10.9 Å². The van der Waals surface area contributed by atoms with Crippen molar-refractivity contribution in [3.8, 4) is 11.6 Å². The van der Waals surface area contributed by atoms with Gasteiger partial charge in [-0.2, -0.15) is 0 Å². The van der Waals surface area contributed by atoms with Crippen LogP contribution < -0.4 is 10.1 Å². The summed E-state index contributed by atoms with van der Waals surface area (Å²) in [7, 11) is 1.42. The van der Waals surface area contributed by atoms with E-state index in [-0.39, 0.29) is 6.03 Å². The highest BCUT2D eigenvalue weighted by Crippen LogP contribution is 2.23. The van der Waals surface area contributed by atoms with Gasteiger partial charge in [0.05, 0.1) is 7.11 Å². The summed E-state index contributed by atoms with van der Waals surface area (Å²) < 4.78 is 6.69. The number of nitrogens with zero attached hydrogens (tertiary/aromatic N) is 2. The molecular formula is C14H14ClN3O3S. The molecule has 22 heavy (non-hydrogen) atoms. The van der Waals surface area contributed by atoms with Crippen LogP contribution in [0.1, 0.15) is 0 Å². The Morgan fingerprint density at radius 2 is 2.00 bits per heavy atom. The van der Waals surface area contributed by atoms with Gasteiger partial charge in [-0.15, -0.1) is 4.47 Å². The van der Waals surface area contributed by atoms with Gasteiger partial charge in [-0.05, 0) is 42.3 Å². The third kappa shape index (κ3) is 4.52. The number of hydrogen-bond donors (Lipinski definition) is 1. The van der Waals surface area contributed by atoms with Crippen molar-refractivity contribution >= 4 is 35.3 Å². The Hall–Kier alpha value is -1.96. The first-order valence-electron chi connectivity index (χ1n) is 6.22. The molecule has 0 unspecified atom stereocenters. The van der Waals surface area contributed by atoms with E-state index in [0.29, 0.717) is 22.5 Å². The summed E-state index contributed by atoms with van der Waals surface area (Å²) in [5, 5.41) is 3.05. The second kappa shape index (κ2) is 7.88. The number of benzene rings is 1.